The quantitative estimate of drug-likeness (QED) is 0.153. The monoisotopic (exact) mass is 619 g/mol. The molecule has 0 saturated heterocycles. The average molecular weight is 620 g/mol. The first-order valence-electron chi connectivity index (χ1n) is 13.8. The molecule has 238 valence electrons. The molecule has 2 aromatic heterocycles. The number of H-pyrrole nitrogens is 1. The Kier molecular flexibility index (Phi) is 12.1. The third-order valence-electron chi connectivity index (χ3n) is 6.21. The Balaban J connectivity index is 0.000000195. The van der Waals surface area contributed by atoms with Gasteiger partial charge in [-0.1, -0.05) is 26.0 Å². The fraction of sp³-hybridized carbons (Fsp3) is 0.212. The maximum Gasteiger partial charge on any atom is 0.420 e. The molecule has 0 aliphatic carbocycles. The van der Waals surface area contributed by atoms with Crippen LogP contribution in [0.25, 0.3) is 22.2 Å². The first-order chi connectivity index (χ1) is 21.7. The molecule has 0 aliphatic heterocycles. The zero-order chi connectivity index (χ0) is 32.9. The van der Waals surface area contributed by atoms with Gasteiger partial charge >= 0.3 is 11.5 Å². The number of aromatic amines is 1. The van der Waals surface area contributed by atoms with Crippen molar-refractivity contribution < 1.29 is 32.9 Å². The van der Waals surface area contributed by atoms with E-state index in [1.807, 2.05) is 38.1 Å². The zero-order valence-electron chi connectivity index (χ0n) is 26.0. The molecule has 4 aromatic carbocycles. The predicted octanol–water partition coefficient (Wildman–Crippen LogP) is 5.80. The molecule has 2 heterocycles. The lowest BCUT2D eigenvalue weighted by atomic mass is 10.2. The van der Waals surface area contributed by atoms with E-state index in [0.29, 0.717) is 51.7 Å². The molecular formula is C33H37N3O9. The van der Waals surface area contributed by atoms with Gasteiger partial charge in [-0.15, -0.1) is 0 Å². The molecule has 0 fully saturated rings. The number of methoxy groups -OCH3 is 4. The third kappa shape index (κ3) is 8.86. The lowest BCUT2D eigenvalue weighted by Gasteiger charge is -2.06. The summed E-state index contributed by atoms with van der Waals surface area (Å²) < 4.78 is 31.8. The van der Waals surface area contributed by atoms with Gasteiger partial charge in [0.05, 0.1) is 51.7 Å². The highest BCUT2D eigenvalue weighted by molar-refractivity contribution is 5.75. The van der Waals surface area contributed by atoms with Gasteiger partial charge in [-0.2, -0.15) is 0 Å². The Morgan fingerprint density at radius 2 is 1.31 bits per heavy atom. The molecule has 12 heteroatoms. The Morgan fingerprint density at radius 3 is 1.96 bits per heavy atom. The molecule has 0 spiro atoms. The van der Waals surface area contributed by atoms with Crippen molar-refractivity contribution in [3.05, 3.63) is 106 Å². The first kappa shape index (κ1) is 33.7. The van der Waals surface area contributed by atoms with E-state index in [1.165, 1.54) is 6.07 Å². The van der Waals surface area contributed by atoms with E-state index in [4.69, 9.17) is 38.6 Å². The van der Waals surface area contributed by atoms with E-state index in [9.17, 15) is 9.59 Å². The number of benzene rings is 4. The smallest absolute Gasteiger partial charge is 0.420 e. The van der Waals surface area contributed by atoms with Crippen LogP contribution in [0, 0.1) is 0 Å². The van der Waals surface area contributed by atoms with Crippen molar-refractivity contribution in [1.82, 2.24) is 9.55 Å². The number of nitrogens with two attached hydrogens (primary N) is 1. The molecule has 12 nitrogen and oxygen atoms in total. The Bertz CT molecular complexity index is 1940. The van der Waals surface area contributed by atoms with Crippen molar-refractivity contribution in [3.63, 3.8) is 0 Å². The van der Waals surface area contributed by atoms with Crippen molar-refractivity contribution >= 4 is 27.9 Å². The van der Waals surface area contributed by atoms with Crippen molar-refractivity contribution in [1.29, 1.82) is 0 Å². The first-order valence-corrected chi connectivity index (χ1v) is 13.8. The van der Waals surface area contributed by atoms with Crippen molar-refractivity contribution in [2.75, 3.05) is 34.2 Å². The van der Waals surface area contributed by atoms with E-state index >= 15 is 0 Å². The highest BCUT2D eigenvalue weighted by Crippen LogP contribution is 2.24. The van der Waals surface area contributed by atoms with Gasteiger partial charge in [0, 0.05) is 18.2 Å². The summed E-state index contributed by atoms with van der Waals surface area (Å²) >= 11 is 0. The molecule has 0 unspecified atom stereocenters. The Labute approximate surface area is 259 Å². The number of nitrogens with zero attached hydrogens (tertiary/aromatic N) is 1. The number of phenolic OH excluding ortho intramolecular Hbond substituents is 1. The summed E-state index contributed by atoms with van der Waals surface area (Å²) in [4.78, 5) is 25.3. The van der Waals surface area contributed by atoms with E-state index in [2.05, 4.69) is 4.98 Å². The normalized spacial score (nSPS) is 10.0. The van der Waals surface area contributed by atoms with E-state index in [0.717, 1.165) is 11.3 Å². The van der Waals surface area contributed by atoms with Crippen molar-refractivity contribution in [3.8, 4) is 28.7 Å². The van der Waals surface area contributed by atoms with Crippen LogP contribution < -0.4 is 36.2 Å². The Hall–Kier alpha value is -5.78. The SMILES string of the molecule is CC.COc1ccc(O)c(N)c1.COc1ccc2oc(=O)[nH]c2c1.COc1cccc(Cn2c(=O)oc3ccc(OC)cc32)c1. The van der Waals surface area contributed by atoms with Crippen LogP contribution in [0.5, 0.6) is 28.7 Å². The summed E-state index contributed by atoms with van der Waals surface area (Å²) in [6.07, 6.45) is 0. The van der Waals surface area contributed by atoms with Gasteiger partial charge in [0.2, 0.25) is 0 Å². The van der Waals surface area contributed by atoms with Crippen molar-refractivity contribution in [2.24, 2.45) is 0 Å². The second-order valence-corrected chi connectivity index (χ2v) is 8.94. The number of hydrogen-bond acceptors (Lipinski definition) is 10. The molecule has 0 atom stereocenters. The molecule has 45 heavy (non-hydrogen) atoms. The summed E-state index contributed by atoms with van der Waals surface area (Å²) in [5.74, 6) is 2.03. The van der Waals surface area contributed by atoms with Gasteiger partial charge in [0.15, 0.2) is 11.2 Å². The highest BCUT2D eigenvalue weighted by atomic mass is 16.5. The molecule has 4 N–H and O–H groups in total. The summed E-state index contributed by atoms with van der Waals surface area (Å²) in [5, 5.41) is 8.96. The van der Waals surface area contributed by atoms with Crippen LogP contribution in [0.15, 0.2) is 97.3 Å². The van der Waals surface area contributed by atoms with Crippen LogP contribution in [0.2, 0.25) is 0 Å². The number of phenols is 1. The van der Waals surface area contributed by atoms with E-state index in [-0.39, 0.29) is 11.5 Å². The summed E-state index contributed by atoms with van der Waals surface area (Å²) in [6.45, 7) is 4.41. The molecule has 0 radical (unpaired) electrons. The number of oxazole rings is 2. The van der Waals surface area contributed by atoms with Gasteiger partial charge in [-0.25, -0.2) is 9.59 Å². The number of nitrogens with one attached hydrogen (secondary N) is 1. The van der Waals surface area contributed by atoms with E-state index < -0.39 is 5.76 Å². The zero-order valence-corrected chi connectivity index (χ0v) is 26.0. The number of rotatable bonds is 6. The topological polar surface area (TPSA) is 164 Å². The molecule has 0 aliphatic rings. The molecule has 0 bridgehead atoms. The minimum Gasteiger partial charge on any atom is -0.506 e. The van der Waals surface area contributed by atoms with Crippen LogP contribution in [0.4, 0.5) is 5.69 Å². The number of hydrogen-bond donors (Lipinski definition) is 3. The molecule has 0 amide bonds. The lowest BCUT2D eigenvalue weighted by Crippen LogP contribution is -2.14. The molecule has 0 saturated carbocycles. The Morgan fingerprint density at radius 1 is 0.733 bits per heavy atom. The minimum atomic E-state index is -0.446. The van der Waals surface area contributed by atoms with Gasteiger partial charge in [-0.3, -0.25) is 9.55 Å². The molecular weight excluding hydrogens is 582 g/mol. The van der Waals surface area contributed by atoms with Crippen LogP contribution in [0.3, 0.4) is 0 Å². The fourth-order valence-corrected chi connectivity index (χ4v) is 3.99. The van der Waals surface area contributed by atoms with Crippen LogP contribution in [-0.2, 0) is 6.54 Å². The van der Waals surface area contributed by atoms with Gasteiger partial charge in [0.1, 0.15) is 28.7 Å². The lowest BCUT2D eigenvalue weighted by molar-refractivity contribution is 0.413. The van der Waals surface area contributed by atoms with E-state index in [1.54, 1.807) is 81.5 Å². The predicted molar refractivity (Wildman–Crippen MR) is 173 cm³/mol. The van der Waals surface area contributed by atoms with Gasteiger partial charge < -0.3 is 38.6 Å². The second kappa shape index (κ2) is 16.2. The fourth-order valence-electron chi connectivity index (χ4n) is 3.99. The molecule has 6 rings (SSSR count). The van der Waals surface area contributed by atoms with Gasteiger partial charge in [0.25, 0.3) is 0 Å². The average Bonchev–Trinajstić information content (AvgIpc) is 3.60. The summed E-state index contributed by atoms with van der Waals surface area (Å²) in [6, 6.07) is 22.7. The number of nitrogen functional groups attached to an aromatic ring is 1. The third-order valence-corrected chi connectivity index (χ3v) is 6.21. The maximum absolute atomic E-state index is 12.0. The largest absolute Gasteiger partial charge is 0.506 e. The van der Waals surface area contributed by atoms with Crippen LogP contribution in [-0.4, -0.2) is 43.1 Å². The summed E-state index contributed by atoms with van der Waals surface area (Å²) in [7, 11) is 6.32. The summed E-state index contributed by atoms with van der Waals surface area (Å²) in [5.41, 5.74) is 9.11. The number of fused-ring (bicyclic) bond motifs is 2. The number of aromatic hydroxyl groups is 1. The number of anilines is 1. The number of ether oxygens (including phenoxy) is 4. The van der Waals surface area contributed by atoms with Gasteiger partial charge in [-0.05, 0) is 54.1 Å². The van der Waals surface area contributed by atoms with Crippen LogP contribution >= 0.6 is 0 Å². The highest BCUT2D eigenvalue weighted by Gasteiger charge is 2.11. The number of aromatic nitrogens is 2. The standard InChI is InChI=1S/C16H15NO4.C8H7NO3.C7H9NO2.C2H6/c1-19-12-5-3-4-11(8-12)10-17-14-9-13(20-2)6-7-15(14)21-16(17)18;1-11-5-2-3-7-6(4-5)9-8(10)12-7;1-10-5-2-3-7(9)6(8)4-5;1-2/h3-9H,10H2,1-2H3;2-4H,1H3,(H,9,10);2-4,9H,8H2,1H3;1-2H3. The minimum absolute atomic E-state index is 0.0841. The second-order valence-electron chi connectivity index (χ2n) is 8.94. The van der Waals surface area contributed by atoms with Crippen molar-refractivity contribution in [2.45, 2.75) is 20.4 Å². The van der Waals surface area contributed by atoms with Crippen LogP contribution in [0.1, 0.15) is 19.4 Å². The maximum atomic E-state index is 12.0. The molecule has 6 aromatic rings.